The Bertz CT molecular complexity index is 638. The highest BCUT2D eigenvalue weighted by atomic mass is 32.1. The maximum Gasteiger partial charge on any atom is 0.272 e. The van der Waals surface area contributed by atoms with E-state index in [2.05, 4.69) is 19.4 Å². The van der Waals surface area contributed by atoms with Crippen LogP contribution in [0.2, 0.25) is 0 Å². The molecule has 2 aromatic rings. The maximum atomic E-state index is 13.3. The number of anilines is 1. The molecule has 0 saturated heterocycles. The number of aromatic nitrogens is 2. The second-order valence-corrected chi connectivity index (χ2v) is 4.31. The predicted molar refractivity (Wildman–Crippen MR) is 71.8 cm³/mol. The average Bonchev–Trinajstić information content (AvgIpc) is 2.97. The Morgan fingerprint density at radius 3 is 3.00 bits per heavy atom. The van der Waals surface area contributed by atoms with E-state index in [1.165, 1.54) is 18.3 Å². The zero-order chi connectivity index (χ0) is 14.4. The van der Waals surface area contributed by atoms with Crippen LogP contribution in [0.1, 0.15) is 16.1 Å². The van der Waals surface area contributed by atoms with Crippen LogP contribution in [0.3, 0.4) is 0 Å². The molecule has 0 saturated carbocycles. The second kappa shape index (κ2) is 6.58. The number of hydrogen-bond acceptors (Lipinski definition) is 6. The van der Waals surface area contributed by atoms with Crippen molar-refractivity contribution in [1.82, 2.24) is 14.1 Å². The van der Waals surface area contributed by atoms with Gasteiger partial charge in [0.2, 0.25) is 0 Å². The van der Waals surface area contributed by atoms with Crippen molar-refractivity contribution in [2.45, 2.75) is 0 Å². The number of benzene rings is 1. The molecular weight excluding hydrogens is 281 g/mol. The third kappa shape index (κ3) is 3.27. The summed E-state index contributed by atoms with van der Waals surface area (Å²) >= 11 is 0.956. The number of amides is 1. The van der Waals surface area contributed by atoms with Gasteiger partial charge in [0.25, 0.3) is 5.91 Å². The Labute approximate surface area is 118 Å². The van der Waals surface area contributed by atoms with Crippen molar-refractivity contribution >= 4 is 23.3 Å². The van der Waals surface area contributed by atoms with Crippen molar-refractivity contribution in [3.05, 3.63) is 41.5 Å². The van der Waals surface area contributed by atoms with E-state index in [9.17, 15) is 9.18 Å². The Morgan fingerprint density at radius 1 is 1.45 bits per heavy atom. The fourth-order valence-electron chi connectivity index (χ4n) is 1.51. The summed E-state index contributed by atoms with van der Waals surface area (Å²) in [4.78, 5) is 11.5. The van der Waals surface area contributed by atoms with Crippen LogP contribution >= 0.6 is 11.7 Å². The Balaban J connectivity index is 1.84. The van der Waals surface area contributed by atoms with E-state index in [-0.39, 0.29) is 17.2 Å². The Hall–Kier alpha value is -2.53. The third-order valence-electron chi connectivity index (χ3n) is 2.45. The van der Waals surface area contributed by atoms with Crippen LogP contribution in [-0.4, -0.2) is 27.7 Å². The molecule has 2 N–H and O–H groups in total. The number of hydrogen-bond donors (Lipinski definition) is 2. The lowest BCUT2D eigenvalue weighted by molar-refractivity contribution is 0.0951. The van der Waals surface area contributed by atoms with Gasteiger partial charge in [-0.05, 0) is 12.1 Å². The highest BCUT2D eigenvalue weighted by Crippen LogP contribution is 2.17. The first-order chi connectivity index (χ1) is 9.72. The van der Waals surface area contributed by atoms with Gasteiger partial charge in [0.1, 0.15) is 17.4 Å². The largest absolute Gasteiger partial charge is 0.382 e. The molecule has 1 aromatic heterocycles. The van der Waals surface area contributed by atoms with Gasteiger partial charge in [-0.1, -0.05) is 6.07 Å². The van der Waals surface area contributed by atoms with Crippen LogP contribution in [0, 0.1) is 17.1 Å². The molecule has 0 bridgehead atoms. The minimum absolute atomic E-state index is 0.0393. The normalized spacial score (nSPS) is 9.80. The number of carbonyl (C=O) groups excluding carboxylic acids is 1. The molecule has 1 aromatic carbocycles. The van der Waals surface area contributed by atoms with Crippen molar-refractivity contribution < 1.29 is 9.18 Å². The van der Waals surface area contributed by atoms with E-state index in [1.54, 1.807) is 12.1 Å². The second-order valence-electron chi connectivity index (χ2n) is 3.75. The quantitative estimate of drug-likeness (QED) is 0.812. The van der Waals surface area contributed by atoms with E-state index < -0.39 is 5.82 Å². The highest BCUT2D eigenvalue weighted by molar-refractivity contribution is 6.99. The fourth-order valence-corrected chi connectivity index (χ4v) is 1.93. The SMILES string of the molecule is N#Cc1c(F)cccc1NCCNC(=O)c1cnsn1. The van der Waals surface area contributed by atoms with E-state index in [0.29, 0.717) is 18.8 Å². The maximum absolute atomic E-state index is 13.3. The van der Waals surface area contributed by atoms with Gasteiger partial charge in [0.05, 0.1) is 23.6 Å². The number of rotatable bonds is 5. The lowest BCUT2D eigenvalue weighted by Crippen LogP contribution is -2.29. The van der Waals surface area contributed by atoms with Crippen molar-refractivity contribution in [2.75, 3.05) is 18.4 Å². The fraction of sp³-hybridized carbons (Fsp3) is 0.167. The summed E-state index contributed by atoms with van der Waals surface area (Å²) in [5, 5.41) is 14.4. The average molecular weight is 291 g/mol. The van der Waals surface area contributed by atoms with Crippen LogP contribution in [-0.2, 0) is 0 Å². The first-order valence-electron chi connectivity index (χ1n) is 5.70. The molecule has 102 valence electrons. The molecule has 1 heterocycles. The van der Waals surface area contributed by atoms with Crippen LogP contribution in [0.25, 0.3) is 0 Å². The molecule has 0 aliphatic rings. The lowest BCUT2D eigenvalue weighted by atomic mass is 10.2. The van der Waals surface area contributed by atoms with Gasteiger partial charge in [-0.25, -0.2) is 4.39 Å². The molecule has 1 amide bonds. The standard InChI is InChI=1S/C12H10FN5OS/c13-9-2-1-3-10(8(9)6-14)15-4-5-16-12(19)11-7-17-20-18-11/h1-3,7,15H,4-5H2,(H,16,19). The van der Waals surface area contributed by atoms with Crippen molar-refractivity contribution in [1.29, 1.82) is 5.26 Å². The third-order valence-corrected chi connectivity index (χ3v) is 2.92. The van der Waals surface area contributed by atoms with Crippen molar-refractivity contribution in [3.8, 4) is 6.07 Å². The zero-order valence-corrected chi connectivity index (χ0v) is 11.1. The molecule has 0 aliphatic heterocycles. The summed E-state index contributed by atoms with van der Waals surface area (Å²) in [5.74, 6) is -0.893. The number of nitrogens with zero attached hydrogens (tertiary/aromatic N) is 3. The van der Waals surface area contributed by atoms with Gasteiger partial charge < -0.3 is 10.6 Å². The summed E-state index contributed by atoms with van der Waals surface area (Å²) in [6, 6.07) is 6.13. The Kier molecular flexibility index (Phi) is 4.57. The van der Waals surface area contributed by atoms with Crippen LogP contribution in [0.4, 0.5) is 10.1 Å². The molecule has 0 fully saturated rings. The number of carbonyl (C=O) groups is 1. The van der Waals surface area contributed by atoms with Gasteiger partial charge in [-0.2, -0.15) is 14.0 Å². The van der Waals surface area contributed by atoms with Crippen LogP contribution in [0.5, 0.6) is 0 Å². The van der Waals surface area contributed by atoms with Gasteiger partial charge in [-0.15, -0.1) is 0 Å². The minimum Gasteiger partial charge on any atom is -0.382 e. The van der Waals surface area contributed by atoms with E-state index in [0.717, 1.165) is 11.7 Å². The van der Waals surface area contributed by atoms with Crippen LogP contribution < -0.4 is 10.6 Å². The molecule has 0 unspecified atom stereocenters. The predicted octanol–water partition coefficient (Wildman–Crippen LogP) is 1.39. The zero-order valence-electron chi connectivity index (χ0n) is 10.3. The molecule has 2 rings (SSSR count). The summed E-state index contributed by atoms with van der Waals surface area (Å²) in [6.07, 6.45) is 1.38. The van der Waals surface area contributed by atoms with Gasteiger partial charge in [0.15, 0.2) is 5.69 Å². The van der Waals surface area contributed by atoms with Crippen molar-refractivity contribution in [3.63, 3.8) is 0 Å². The lowest BCUT2D eigenvalue weighted by Gasteiger charge is -2.09. The monoisotopic (exact) mass is 291 g/mol. The van der Waals surface area contributed by atoms with Gasteiger partial charge in [0, 0.05) is 13.1 Å². The van der Waals surface area contributed by atoms with Crippen LogP contribution in [0.15, 0.2) is 24.4 Å². The smallest absolute Gasteiger partial charge is 0.272 e. The van der Waals surface area contributed by atoms with E-state index in [4.69, 9.17) is 5.26 Å². The number of halogens is 1. The summed E-state index contributed by atoms with van der Waals surface area (Å²) in [7, 11) is 0. The highest BCUT2D eigenvalue weighted by Gasteiger charge is 2.09. The minimum atomic E-state index is -0.574. The molecule has 6 nitrogen and oxygen atoms in total. The van der Waals surface area contributed by atoms with Gasteiger partial charge >= 0.3 is 0 Å². The summed E-state index contributed by atoms with van der Waals surface area (Å²) < 4.78 is 20.9. The molecule has 20 heavy (non-hydrogen) atoms. The molecule has 0 aliphatic carbocycles. The van der Waals surface area contributed by atoms with Gasteiger partial charge in [-0.3, -0.25) is 4.79 Å². The molecule has 8 heteroatoms. The molecular formula is C12H10FN5OS. The molecule has 0 radical (unpaired) electrons. The summed E-state index contributed by atoms with van der Waals surface area (Å²) in [6.45, 7) is 0.680. The molecule has 0 atom stereocenters. The Morgan fingerprint density at radius 2 is 2.30 bits per heavy atom. The van der Waals surface area contributed by atoms with Crippen molar-refractivity contribution in [2.24, 2.45) is 0 Å². The molecule has 0 spiro atoms. The number of nitriles is 1. The number of nitrogens with one attached hydrogen (secondary N) is 2. The first-order valence-corrected chi connectivity index (χ1v) is 6.43. The topological polar surface area (TPSA) is 90.7 Å². The summed E-state index contributed by atoms with van der Waals surface area (Å²) in [5.41, 5.74) is 0.623. The van der Waals surface area contributed by atoms with E-state index >= 15 is 0 Å². The first kappa shape index (κ1) is 13.9. The van der Waals surface area contributed by atoms with E-state index in [1.807, 2.05) is 0 Å².